The van der Waals surface area contributed by atoms with Gasteiger partial charge in [0.25, 0.3) is 0 Å². The number of aliphatic hydroxyl groups is 1. The zero-order chi connectivity index (χ0) is 15.1. The van der Waals surface area contributed by atoms with E-state index in [0.29, 0.717) is 12.2 Å². The van der Waals surface area contributed by atoms with Gasteiger partial charge < -0.3 is 19.5 Å². The van der Waals surface area contributed by atoms with Crippen molar-refractivity contribution in [1.29, 1.82) is 0 Å². The van der Waals surface area contributed by atoms with Gasteiger partial charge in [0.2, 0.25) is 0 Å². The number of ether oxygens (including phenoxy) is 2. The molecule has 4 heteroatoms. The Morgan fingerprint density at radius 3 is 2.43 bits per heavy atom. The minimum absolute atomic E-state index is 0.321. The fraction of sp³-hybridized carbons (Fsp3) is 1.00. The SMILES string of the molecule is CCC(O)(CC)CN1CCC(OCC2CCCCO2)CC1. The molecule has 0 spiro atoms. The summed E-state index contributed by atoms with van der Waals surface area (Å²) in [5.41, 5.74) is -0.510. The largest absolute Gasteiger partial charge is 0.389 e. The Kier molecular flexibility index (Phi) is 6.93. The minimum Gasteiger partial charge on any atom is -0.389 e. The second-order valence-electron chi connectivity index (χ2n) is 6.73. The average molecular weight is 299 g/mol. The van der Waals surface area contributed by atoms with Gasteiger partial charge in [-0.3, -0.25) is 0 Å². The molecule has 4 nitrogen and oxygen atoms in total. The summed E-state index contributed by atoms with van der Waals surface area (Å²) in [5, 5.41) is 10.4. The Bertz CT molecular complexity index is 280. The van der Waals surface area contributed by atoms with Gasteiger partial charge in [-0.15, -0.1) is 0 Å². The van der Waals surface area contributed by atoms with Crippen LogP contribution in [0.25, 0.3) is 0 Å². The first-order valence-electron chi connectivity index (χ1n) is 8.83. The molecule has 2 aliphatic rings. The summed E-state index contributed by atoms with van der Waals surface area (Å²) >= 11 is 0. The maximum Gasteiger partial charge on any atom is 0.0808 e. The molecule has 2 heterocycles. The van der Waals surface area contributed by atoms with Crippen LogP contribution < -0.4 is 0 Å². The van der Waals surface area contributed by atoms with Gasteiger partial charge in [0, 0.05) is 26.2 Å². The third-order valence-corrected chi connectivity index (χ3v) is 5.16. The normalized spacial score (nSPS) is 26.1. The third kappa shape index (κ3) is 5.51. The predicted octanol–water partition coefficient (Wildman–Crippen LogP) is 2.59. The summed E-state index contributed by atoms with van der Waals surface area (Å²) in [4.78, 5) is 2.39. The molecule has 0 bridgehead atoms. The van der Waals surface area contributed by atoms with E-state index in [1.54, 1.807) is 0 Å². The van der Waals surface area contributed by atoms with Crippen molar-refractivity contribution in [1.82, 2.24) is 4.90 Å². The number of piperidine rings is 1. The summed E-state index contributed by atoms with van der Waals surface area (Å²) in [5.74, 6) is 0. The van der Waals surface area contributed by atoms with Crippen LogP contribution in [0.5, 0.6) is 0 Å². The summed E-state index contributed by atoms with van der Waals surface area (Å²) in [7, 11) is 0. The van der Waals surface area contributed by atoms with Gasteiger partial charge in [-0.1, -0.05) is 13.8 Å². The van der Waals surface area contributed by atoms with Crippen LogP contribution in [0.15, 0.2) is 0 Å². The Balaban J connectivity index is 1.63. The molecule has 2 rings (SSSR count). The van der Waals surface area contributed by atoms with Crippen molar-refractivity contribution in [3.05, 3.63) is 0 Å². The standard InChI is InChI=1S/C17H33NO3/c1-3-17(19,4-2)14-18-10-8-15(9-11-18)21-13-16-7-5-6-12-20-16/h15-16,19H,3-14H2,1-2H3. The molecule has 0 aromatic heterocycles. The molecule has 0 aromatic rings. The van der Waals surface area contributed by atoms with E-state index in [0.717, 1.165) is 65.0 Å². The fourth-order valence-corrected chi connectivity index (χ4v) is 3.31. The van der Waals surface area contributed by atoms with Gasteiger partial charge in [-0.2, -0.15) is 0 Å². The van der Waals surface area contributed by atoms with Crippen LogP contribution in [-0.2, 0) is 9.47 Å². The van der Waals surface area contributed by atoms with Crippen LogP contribution in [0.4, 0.5) is 0 Å². The molecular formula is C17H33NO3. The van der Waals surface area contributed by atoms with Gasteiger partial charge in [-0.05, 0) is 44.9 Å². The lowest BCUT2D eigenvalue weighted by Crippen LogP contribution is -2.47. The van der Waals surface area contributed by atoms with Gasteiger partial charge in [-0.25, -0.2) is 0 Å². The second kappa shape index (κ2) is 8.47. The highest BCUT2D eigenvalue weighted by molar-refractivity contribution is 4.83. The first-order chi connectivity index (χ1) is 10.1. The van der Waals surface area contributed by atoms with Crippen LogP contribution in [0.3, 0.4) is 0 Å². The Hall–Kier alpha value is -0.160. The van der Waals surface area contributed by atoms with Crippen LogP contribution in [0.1, 0.15) is 58.8 Å². The Morgan fingerprint density at radius 2 is 1.86 bits per heavy atom. The van der Waals surface area contributed by atoms with Crippen LogP contribution in [0.2, 0.25) is 0 Å². The molecule has 1 N–H and O–H groups in total. The lowest BCUT2D eigenvalue weighted by atomic mass is 9.95. The minimum atomic E-state index is -0.510. The molecule has 2 saturated heterocycles. The van der Waals surface area contributed by atoms with E-state index in [1.807, 2.05) is 0 Å². The Morgan fingerprint density at radius 1 is 1.14 bits per heavy atom. The molecule has 124 valence electrons. The molecule has 0 aromatic carbocycles. The van der Waals surface area contributed by atoms with Crippen molar-refractivity contribution in [3.8, 4) is 0 Å². The zero-order valence-electron chi connectivity index (χ0n) is 13.9. The third-order valence-electron chi connectivity index (χ3n) is 5.16. The van der Waals surface area contributed by atoms with E-state index in [1.165, 1.54) is 12.8 Å². The smallest absolute Gasteiger partial charge is 0.0808 e. The number of hydrogen-bond acceptors (Lipinski definition) is 4. The number of nitrogens with zero attached hydrogens (tertiary/aromatic N) is 1. The van der Waals surface area contributed by atoms with E-state index in [4.69, 9.17) is 9.47 Å². The highest BCUT2D eigenvalue weighted by Gasteiger charge is 2.28. The molecule has 1 unspecified atom stereocenters. The zero-order valence-corrected chi connectivity index (χ0v) is 13.9. The molecular weight excluding hydrogens is 266 g/mol. The van der Waals surface area contributed by atoms with E-state index in [-0.39, 0.29) is 0 Å². The monoisotopic (exact) mass is 299 g/mol. The molecule has 0 saturated carbocycles. The maximum atomic E-state index is 10.4. The highest BCUT2D eigenvalue weighted by Crippen LogP contribution is 2.21. The quantitative estimate of drug-likeness (QED) is 0.784. The molecule has 0 aliphatic carbocycles. The highest BCUT2D eigenvalue weighted by atomic mass is 16.5. The molecule has 1 atom stereocenters. The fourth-order valence-electron chi connectivity index (χ4n) is 3.31. The number of β-amino-alcohol motifs (C(OH)–C–C–N with tert-alkyl or cyclic N) is 1. The lowest BCUT2D eigenvalue weighted by Gasteiger charge is -2.37. The van der Waals surface area contributed by atoms with Crippen molar-refractivity contribution < 1.29 is 14.6 Å². The lowest BCUT2D eigenvalue weighted by molar-refractivity contribution is -0.0807. The van der Waals surface area contributed by atoms with Crippen LogP contribution in [0, 0.1) is 0 Å². The number of rotatable bonds is 7. The molecule has 0 radical (unpaired) electrons. The van der Waals surface area contributed by atoms with E-state index in [2.05, 4.69) is 18.7 Å². The number of likely N-dealkylation sites (tertiary alicyclic amines) is 1. The van der Waals surface area contributed by atoms with Crippen molar-refractivity contribution in [2.24, 2.45) is 0 Å². The van der Waals surface area contributed by atoms with Crippen LogP contribution >= 0.6 is 0 Å². The van der Waals surface area contributed by atoms with Gasteiger partial charge in [0.05, 0.1) is 24.4 Å². The van der Waals surface area contributed by atoms with Gasteiger partial charge in [0.1, 0.15) is 0 Å². The van der Waals surface area contributed by atoms with Crippen molar-refractivity contribution in [2.45, 2.75) is 76.6 Å². The molecule has 2 aliphatic heterocycles. The molecule has 2 fully saturated rings. The summed E-state index contributed by atoms with van der Waals surface area (Å²) in [6.45, 7) is 8.69. The molecule has 0 amide bonds. The van der Waals surface area contributed by atoms with Gasteiger partial charge in [0.15, 0.2) is 0 Å². The first-order valence-corrected chi connectivity index (χ1v) is 8.83. The average Bonchev–Trinajstić information content (AvgIpc) is 2.55. The van der Waals surface area contributed by atoms with Crippen LogP contribution in [-0.4, -0.2) is 60.7 Å². The van der Waals surface area contributed by atoms with E-state index < -0.39 is 5.60 Å². The summed E-state index contributed by atoms with van der Waals surface area (Å²) in [6.07, 6.45) is 8.15. The van der Waals surface area contributed by atoms with Crippen molar-refractivity contribution >= 4 is 0 Å². The second-order valence-corrected chi connectivity index (χ2v) is 6.73. The summed E-state index contributed by atoms with van der Waals surface area (Å²) < 4.78 is 11.8. The van der Waals surface area contributed by atoms with Crippen molar-refractivity contribution in [3.63, 3.8) is 0 Å². The number of hydrogen-bond donors (Lipinski definition) is 1. The maximum absolute atomic E-state index is 10.4. The van der Waals surface area contributed by atoms with E-state index in [9.17, 15) is 5.11 Å². The van der Waals surface area contributed by atoms with Crippen molar-refractivity contribution in [2.75, 3.05) is 32.8 Å². The Labute approximate surface area is 129 Å². The van der Waals surface area contributed by atoms with Gasteiger partial charge >= 0.3 is 0 Å². The molecule has 21 heavy (non-hydrogen) atoms. The summed E-state index contributed by atoms with van der Waals surface area (Å²) in [6, 6.07) is 0. The van der Waals surface area contributed by atoms with E-state index >= 15 is 0 Å². The first kappa shape index (κ1) is 17.2. The topological polar surface area (TPSA) is 41.9 Å². The predicted molar refractivity (Wildman–Crippen MR) is 84.5 cm³/mol.